The summed E-state index contributed by atoms with van der Waals surface area (Å²) in [6.07, 6.45) is 5.25. The fraction of sp³-hybridized carbons (Fsp3) is 0.125. The number of nitrogens with two attached hydrogens (primary N) is 1. The molecule has 0 spiro atoms. The van der Waals surface area contributed by atoms with E-state index in [4.69, 9.17) is 5.73 Å². The molecule has 54 valence electrons. The SMILES string of the molecule is C=C/C=C\C(=C)CC(N)=O. The Labute approximate surface area is 60.7 Å². The normalized spacial score (nSPS) is 9.60. The van der Waals surface area contributed by atoms with Crippen molar-refractivity contribution < 1.29 is 4.79 Å². The quantitative estimate of drug-likeness (QED) is 0.580. The maximum Gasteiger partial charge on any atom is 0.221 e. The Balaban J connectivity index is 3.75. The van der Waals surface area contributed by atoms with Crippen molar-refractivity contribution in [2.45, 2.75) is 6.42 Å². The summed E-state index contributed by atoms with van der Waals surface area (Å²) in [5.41, 5.74) is 5.61. The van der Waals surface area contributed by atoms with E-state index in [9.17, 15) is 4.79 Å². The van der Waals surface area contributed by atoms with Crippen LogP contribution in [0.25, 0.3) is 0 Å². The van der Waals surface area contributed by atoms with Crippen LogP contribution in [0.4, 0.5) is 0 Å². The molecule has 0 fully saturated rings. The van der Waals surface area contributed by atoms with E-state index in [0.717, 1.165) is 0 Å². The average molecular weight is 137 g/mol. The molecule has 10 heavy (non-hydrogen) atoms. The number of hydrogen-bond acceptors (Lipinski definition) is 1. The molecule has 0 aromatic carbocycles. The Morgan fingerprint density at radius 3 is 2.60 bits per heavy atom. The average Bonchev–Trinajstić information content (AvgIpc) is 1.82. The van der Waals surface area contributed by atoms with Crippen molar-refractivity contribution in [3.63, 3.8) is 0 Å². The molecule has 0 unspecified atom stereocenters. The zero-order valence-corrected chi connectivity index (χ0v) is 5.84. The third-order valence-corrected chi connectivity index (χ3v) is 0.869. The molecule has 0 aliphatic heterocycles. The van der Waals surface area contributed by atoms with Gasteiger partial charge in [-0.2, -0.15) is 0 Å². The number of carbonyl (C=O) groups is 1. The van der Waals surface area contributed by atoms with Gasteiger partial charge in [-0.05, 0) is 5.57 Å². The van der Waals surface area contributed by atoms with Crippen molar-refractivity contribution in [3.8, 4) is 0 Å². The summed E-state index contributed by atoms with van der Waals surface area (Å²) in [4.78, 5) is 10.3. The molecule has 0 aromatic rings. The van der Waals surface area contributed by atoms with Gasteiger partial charge < -0.3 is 5.73 Å². The second-order valence-electron chi connectivity index (χ2n) is 1.90. The fourth-order valence-electron chi connectivity index (χ4n) is 0.487. The van der Waals surface area contributed by atoms with Crippen LogP contribution < -0.4 is 5.73 Å². The Hall–Kier alpha value is -1.31. The highest BCUT2D eigenvalue weighted by molar-refractivity contribution is 5.77. The number of primary amides is 1. The topological polar surface area (TPSA) is 43.1 Å². The van der Waals surface area contributed by atoms with Crippen LogP contribution in [0.15, 0.2) is 37.0 Å². The first kappa shape index (κ1) is 8.69. The van der Waals surface area contributed by atoms with Crippen molar-refractivity contribution in [2.75, 3.05) is 0 Å². The summed E-state index contributed by atoms with van der Waals surface area (Å²) in [6.45, 7) is 7.06. The molecular weight excluding hydrogens is 126 g/mol. The summed E-state index contributed by atoms with van der Waals surface area (Å²) in [5.74, 6) is -0.362. The monoisotopic (exact) mass is 137 g/mol. The van der Waals surface area contributed by atoms with Gasteiger partial charge in [0.05, 0.1) is 6.42 Å². The molecule has 0 heterocycles. The summed E-state index contributed by atoms with van der Waals surface area (Å²) in [6, 6.07) is 0. The lowest BCUT2D eigenvalue weighted by molar-refractivity contribution is -0.117. The first-order chi connectivity index (χ1) is 4.66. The van der Waals surface area contributed by atoms with Gasteiger partial charge in [-0.1, -0.05) is 31.4 Å². The zero-order chi connectivity index (χ0) is 7.98. The van der Waals surface area contributed by atoms with Crippen LogP contribution in [0.1, 0.15) is 6.42 Å². The number of carbonyl (C=O) groups excluding carboxylic acids is 1. The lowest BCUT2D eigenvalue weighted by atomic mass is 10.2. The van der Waals surface area contributed by atoms with Gasteiger partial charge in [-0.15, -0.1) is 0 Å². The van der Waals surface area contributed by atoms with Gasteiger partial charge in [0.1, 0.15) is 0 Å². The first-order valence-corrected chi connectivity index (χ1v) is 2.92. The van der Waals surface area contributed by atoms with Gasteiger partial charge in [0.15, 0.2) is 0 Å². The van der Waals surface area contributed by atoms with Crippen LogP contribution in [0.3, 0.4) is 0 Å². The maximum absolute atomic E-state index is 10.3. The predicted octanol–water partition coefficient (Wildman–Crippen LogP) is 1.16. The van der Waals surface area contributed by atoms with E-state index in [1.807, 2.05) is 0 Å². The molecule has 2 nitrogen and oxygen atoms in total. The molecule has 0 saturated carbocycles. The summed E-state index contributed by atoms with van der Waals surface area (Å²) in [5, 5.41) is 0. The van der Waals surface area contributed by atoms with Crippen LogP contribution >= 0.6 is 0 Å². The minimum absolute atomic E-state index is 0.213. The van der Waals surface area contributed by atoms with Crippen LogP contribution in [0.2, 0.25) is 0 Å². The van der Waals surface area contributed by atoms with Crippen LogP contribution in [-0.4, -0.2) is 5.91 Å². The molecule has 0 rings (SSSR count). The molecule has 0 atom stereocenters. The van der Waals surface area contributed by atoms with Gasteiger partial charge in [-0.3, -0.25) is 4.79 Å². The standard InChI is InChI=1S/C8H11NO/c1-3-4-5-7(2)6-8(9)10/h3-5H,1-2,6H2,(H2,9,10)/b5-4-. The van der Waals surface area contributed by atoms with E-state index >= 15 is 0 Å². The third-order valence-electron chi connectivity index (χ3n) is 0.869. The fourth-order valence-corrected chi connectivity index (χ4v) is 0.487. The predicted molar refractivity (Wildman–Crippen MR) is 42.3 cm³/mol. The minimum Gasteiger partial charge on any atom is -0.369 e. The highest BCUT2D eigenvalue weighted by atomic mass is 16.1. The van der Waals surface area contributed by atoms with Gasteiger partial charge in [0, 0.05) is 0 Å². The Bertz CT molecular complexity index is 180. The van der Waals surface area contributed by atoms with E-state index in [1.165, 1.54) is 0 Å². The lowest BCUT2D eigenvalue weighted by Gasteiger charge is -1.91. The van der Waals surface area contributed by atoms with E-state index in [1.54, 1.807) is 18.2 Å². The van der Waals surface area contributed by atoms with Gasteiger partial charge in [0.25, 0.3) is 0 Å². The number of hydrogen-bond donors (Lipinski definition) is 1. The van der Waals surface area contributed by atoms with E-state index in [-0.39, 0.29) is 12.3 Å². The molecule has 2 N–H and O–H groups in total. The molecule has 0 aliphatic carbocycles. The van der Waals surface area contributed by atoms with Crippen LogP contribution in [0, 0.1) is 0 Å². The summed E-state index contributed by atoms with van der Waals surface area (Å²) in [7, 11) is 0. The Kier molecular flexibility index (Phi) is 3.96. The number of rotatable bonds is 4. The van der Waals surface area contributed by atoms with E-state index in [0.29, 0.717) is 5.57 Å². The molecule has 1 amide bonds. The molecule has 0 radical (unpaired) electrons. The van der Waals surface area contributed by atoms with Crippen molar-refractivity contribution in [1.82, 2.24) is 0 Å². The summed E-state index contributed by atoms with van der Waals surface area (Å²) >= 11 is 0. The van der Waals surface area contributed by atoms with Crippen LogP contribution in [-0.2, 0) is 4.79 Å². The molecule has 0 aromatic heterocycles. The largest absolute Gasteiger partial charge is 0.369 e. The molecular formula is C8H11NO. The third kappa shape index (κ3) is 4.84. The van der Waals surface area contributed by atoms with E-state index < -0.39 is 0 Å². The Morgan fingerprint density at radius 2 is 2.20 bits per heavy atom. The second kappa shape index (κ2) is 4.56. The molecule has 0 bridgehead atoms. The van der Waals surface area contributed by atoms with Crippen molar-refractivity contribution >= 4 is 5.91 Å². The molecule has 0 aliphatic rings. The second-order valence-corrected chi connectivity index (χ2v) is 1.90. The van der Waals surface area contributed by atoms with Gasteiger partial charge in [-0.25, -0.2) is 0 Å². The molecule has 0 saturated heterocycles. The van der Waals surface area contributed by atoms with Crippen LogP contribution in [0.5, 0.6) is 0 Å². The van der Waals surface area contributed by atoms with Gasteiger partial charge in [0.2, 0.25) is 5.91 Å². The van der Waals surface area contributed by atoms with Crippen molar-refractivity contribution in [1.29, 1.82) is 0 Å². The smallest absolute Gasteiger partial charge is 0.221 e. The summed E-state index contributed by atoms with van der Waals surface area (Å²) < 4.78 is 0. The highest BCUT2D eigenvalue weighted by Gasteiger charge is 1.93. The zero-order valence-electron chi connectivity index (χ0n) is 5.84. The first-order valence-electron chi connectivity index (χ1n) is 2.92. The Morgan fingerprint density at radius 1 is 1.60 bits per heavy atom. The number of allylic oxidation sites excluding steroid dienone is 3. The van der Waals surface area contributed by atoms with Gasteiger partial charge >= 0.3 is 0 Å². The molecule has 2 heteroatoms. The maximum atomic E-state index is 10.3. The highest BCUT2D eigenvalue weighted by Crippen LogP contribution is 1.97. The minimum atomic E-state index is -0.362. The van der Waals surface area contributed by atoms with Crippen molar-refractivity contribution in [2.24, 2.45) is 5.73 Å². The van der Waals surface area contributed by atoms with E-state index in [2.05, 4.69) is 13.2 Å². The number of amides is 1. The van der Waals surface area contributed by atoms with Crippen molar-refractivity contribution in [3.05, 3.63) is 37.0 Å². The lowest BCUT2D eigenvalue weighted by Crippen LogP contribution is -2.09.